The highest BCUT2D eigenvalue weighted by Gasteiger charge is 2.18. The molecular formula is C25H25Cl2N5O2. The van der Waals surface area contributed by atoms with E-state index in [0.717, 1.165) is 17.0 Å². The van der Waals surface area contributed by atoms with Gasteiger partial charge in [0.25, 0.3) is 5.56 Å². The number of aromatic nitrogens is 5. The molecule has 4 aromatic heterocycles. The molecule has 0 saturated heterocycles. The van der Waals surface area contributed by atoms with Gasteiger partial charge in [-0.25, -0.2) is 9.97 Å². The summed E-state index contributed by atoms with van der Waals surface area (Å²) in [6, 6.07) is 5.42. The van der Waals surface area contributed by atoms with Crippen LogP contribution in [0.1, 0.15) is 42.4 Å². The first-order valence-corrected chi connectivity index (χ1v) is 11.6. The molecule has 0 aliphatic heterocycles. The maximum absolute atomic E-state index is 13.3. The number of rotatable bonds is 6. The number of pyridine rings is 2. The first kappa shape index (κ1) is 24.0. The smallest absolute Gasteiger partial charge is 0.277 e. The number of ether oxygens (including phenoxy) is 1. The van der Waals surface area contributed by atoms with E-state index in [1.54, 1.807) is 25.3 Å². The second-order valence-electron chi connectivity index (χ2n) is 8.51. The van der Waals surface area contributed by atoms with Gasteiger partial charge in [-0.3, -0.25) is 14.3 Å². The summed E-state index contributed by atoms with van der Waals surface area (Å²) in [4.78, 5) is 26.8. The number of aryl methyl sites for hydroxylation is 3. The van der Waals surface area contributed by atoms with Crippen molar-refractivity contribution < 1.29 is 4.74 Å². The van der Waals surface area contributed by atoms with Gasteiger partial charge in [0, 0.05) is 55.1 Å². The van der Waals surface area contributed by atoms with Gasteiger partial charge in [0.1, 0.15) is 23.2 Å². The normalized spacial score (nSPS) is 11.3. The largest absolute Gasteiger partial charge is 0.487 e. The van der Waals surface area contributed by atoms with E-state index in [0.29, 0.717) is 40.1 Å². The van der Waals surface area contributed by atoms with Crippen molar-refractivity contribution in [1.82, 2.24) is 24.1 Å². The van der Waals surface area contributed by atoms with Gasteiger partial charge >= 0.3 is 0 Å². The molecular weight excluding hydrogens is 473 g/mol. The van der Waals surface area contributed by atoms with Crippen LogP contribution in [0.15, 0.2) is 47.8 Å². The van der Waals surface area contributed by atoms with Crippen molar-refractivity contribution >= 4 is 23.2 Å². The maximum atomic E-state index is 13.3. The van der Waals surface area contributed by atoms with Crippen LogP contribution in [0.3, 0.4) is 0 Å². The van der Waals surface area contributed by atoms with E-state index in [4.69, 9.17) is 27.9 Å². The zero-order chi connectivity index (χ0) is 24.6. The SMILES string of the molecule is Cc1cnc(C(C)C)nc1-c1cc(-n2c(C)cc(OCc3ccn(C)c3)c(Cl)c2=O)c(Cl)cn1. The summed E-state index contributed by atoms with van der Waals surface area (Å²) >= 11 is 12.9. The molecule has 0 aliphatic rings. The average molecular weight is 498 g/mol. The molecule has 176 valence electrons. The van der Waals surface area contributed by atoms with Crippen LogP contribution in [0.5, 0.6) is 5.75 Å². The summed E-state index contributed by atoms with van der Waals surface area (Å²) in [6.07, 6.45) is 7.17. The van der Waals surface area contributed by atoms with Crippen LogP contribution in [-0.4, -0.2) is 24.1 Å². The molecule has 0 aliphatic carbocycles. The molecule has 0 atom stereocenters. The third kappa shape index (κ3) is 4.72. The van der Waals surface area contributed by atoms with Crippen molar-refractivity contribution in [2.24, 2.45) is 7.05 Å². The Balaban J connectivity index is 1.76. The Bertz CT molecular complexity index is 1430. The maximum Gasteiger partial charge on any atom is 0.277 e. The van der Waals surface area contributed by atoms with E-state index in [-0.39, 0.29) is 10.9 Å². The van der Waals surface area contributed by atoms with Gasteiger partial charge in [-0.1, -0.05) is 37.0 Å². The van der Waals surface area contributed by atoms with E-state index in [1.165, 1.54) is 10.8 Å². The van der Waals surface area contributed by atoms with Crippen molar-refractivity contribution in [3.8, 4) is 22.8 Å². The Morgan fingerprint density at radius 2 is 1.88 bits per heavy atom. The Morgan fingerprint density at radius 1 is 1.12 bits per heavy atom. The summed E-state index contributed by atoms with van der Waals surface area (Å²) in [5.41, 5.74) is 3.80. The highest BCUT2D eigenvalue weighted by Crippen LogP contribution is 2.30. The third-order valence-corrected chi connectivity index (χ3v) is 6.05. The topological polar surface area (TPSA) is 74.8 Å². The van der Waals surface area contributed by atoms with Crippen LogP contribution in [-0.2, 0) is 13.7 Å². The molecule has 4 rings (SSSR count). The van der Waals surface area contributed by atoms with Crippen LogP contribution < -0.4 is 10.3 Å². The van der Waals surface area contributed by atoms with Gasteiger partial charge < -0.3 is 9.30 Å². The van der Waals surface area contributed by atoms with Crippen LogP contribution >= 0.6 is 23.2 Å². The summed E-state index contributed by atoms with van der Waals surface area (Å²) in [7, 11) is 1.93. The Labute approximate surface area is 208 Å². The predicted octanol–water partition coefficient (Wildman–Crippen LogP) is 5.65. The predicted molar refractivity (Wildman–Crippen MR) is 134 cm³/mol. The highest BCUT2D eigenvalue weighted by atomic mass is 35.5. The summed E-state index contributed by atoms with van der Waals surface area (Å²) < 4.78 is 9.23. The Kier molecular flexibility index (Phi) is 6.77. The van der Waals surface area contributed by atoms with Gasteiger partial charge in [0.05, 0.1) is 22.1 Å². The van der Waals surface area contributed by atoms with Crippen LogP contribution in [0.2, 0.25) is 10.0 Å². The van der Waals surface area contributed by atoms with Crippen LogP contribution in [0.25, 0.3) is 17.1 Å². The van der Waals surface area contributed by atoms with Gasteiger partial charge in [0.15, 0.2) is 0 Å². The van der Waals surface area contributed by atoms with E-state index in [1.807, 2.05) is 50.8 Å². The lowest BCUT2D eigenvalue weighted by molar-refractivity contribution is 0.305. The number of hydrogen-bond acceptors (Lipinski definition) is 5. The number of hydrogen-bond donors (Lipinski definition) is 0. The molecule has 0 spiro atoms. The molecule has 0 aromatic carbocycles. The lowest BCUT2D eigenvalue weighted by atomic mass is 10.1. The van der Waals surface area contributed by atoms with Crippen LogP contribution in [0.4, 0.5) is 0 Å². The van der Waals surface area contributed by atoms with Crippen molar-refractivity contribution in [3.05, 3.63) is 86.0 Å². The molecule has 4 aromatic rings. The van der Waals surface area contributed by atoms with Crippen molar-refractivity contribution in [3.63, 3.8) is 0 Å². The average Bonchev–Trinajstić information content (AvgIpc) is 3.22. The summed E-state index contributed by atoms with van der Waals surface area (Å²) in [5.74, 6) is 1.20. The number of halogens is 2. The molecule has 0 N–H and O–H groups in total. The quantitative estimate of drug-likeness (QED) is 0.343. The fourth-order valence-electron chi connectivity index (χ4n) is 3.62. The first-order chi connectivity index (χ1) is 16.2. The third-order valence-electron chi connectivity index (χ3n) is 5.41. The van der Waals surface area contributed by atoms with E-state index < -0.39 is 5.56 Å². The molecule has 7 nitrogen and oxygen atoms in total. The summed E-state index contributed by atoms with van der Waals surface area (Å²) in [5, 5.41) is 0.301. The van der Waals surface area contributed by atoms with E-state index >= 15 is 0 Å². The van der Waals surface area contributed by atoms with Gasteiger partial charge in [-0.2, -0.15) is 0 Å². The minimum atomic E-state index is -0.425. The van der Waals surface area contributed by atoms with Gasteiger partial charge in [-0.15, -0.1) is 0 Å². The van der Waals surface area contributed by atoms with E-state index in [9.17, 15) is 4.79 Å². The first-order valence-electron chi connectivity index (χ1n) is 10.8. The monoisotopic (exact) mass is 497 g/mol. The van der Waals surface area contributed by atoms with Crippen molar-refractivity contribution in [1.29, 1.82) is 0 Å². The molecule has 0 amide bonds. The van der Waals surface area contributed by atoms with Crippen LogP contribution in [0, 0.1) is 13.8 Å². The highest BCUT2D eigenvalue weighted by molar-refractivity contribution is 6.33. The molecule has 0 fully saturated rings. The standard InChI is InChI=1S/C25H25Cl2N5O2/c1-14(2)24-29-10-15(3)23(30-24)19-9-20(18(26)11-28-19)32-16(4)8-21(22(27)25(32)33)34-13-17-6-7-31(5)12-17/h6-12,14H,13H2,1-5H3. The minimum Gasteiger partial charge on any atom is -0.487 e. The Hall–Kier alpha value is -3.16. The lowest BCUT2D eigenvalue weighted by Crippen LogP contribution is -2.22. The zero-order valence-electron chi connectivity index (χ0n) is 19.6. The fraction of sp³-hybridized carbons (Fsp3) is 0.280. The molecule has 9 heteroatoms. The molecule has 34 heavy (non-hydrogen) atoms. The molecule has 4 heterocycles. The molecule has 0 saturated carbocycles. The molecule has 0 radical (unpaired) electrons. The van der Waals surface area contributed by atoms with E-state index in [2.05, 4.69) is 15.0 Å². The molecule has 0 bridgehead atoms. The minimum absolute atomic E-state index is 0.0173. The zero-order valence-corrected chi connectivity index (χ0v) is 21.1. The molecule has 0 unspecified atom stereocenters. The Morgan fingerprint density at radius 3 is 2.56 bits per heavy atom. The number of nitrogens with zero attached hydrogens (tertiary/aromatic N) is 5. The van der Waals surface area contributed by atoms with Gasteiger partial charge in [-0.05, 0) is 31.5 Å². The second kappa shape index (κ2) is 9.60. The fourth-order valence-corrected chi connectivity index (χ4v) is 4.00. The lowest BCUT2D eigenvalue weighted by Gasteiger charge is -2.16. The van der Waals surface area contributed by atoms with Crippen molar-refractivity contribution in [2.75, 3.05) is 0 Å². The van der Waals surface area contributed by atoms with Gasteiger partial charge in [0.2, 0.25) is 0 Å². The summed E-state index contributed by atoms with van der Waals surface area (Å²) in [6.45, 7) is 8.08. The van der Waals surface area contributed by atoms with Crippen molar-refractivity contribution in [2.45, 2.75) is 40.2 Å². The second-order valence-corrected chi connectivity index (χ2v) is 9.30.